The molecule has 0 bridgehead atoms. The van der Waals surface area contributed by atoms with Gasteiger partial charge in [-0.25, -0.2) is 14.3 Å². The molecule has 0 unspecified atom stereocenters. The van der Waals surface area contributed by atoms with Crippen molar-refractivity contribution < 1.29 is 0 Å². The maximum absolute atomic E-state index is 13.6. The summed E-state index contributed by atoms with van der Waals surface area (Å²) in [5.41, 5.74) is 3.38. The lowest BCUT2D eigenvalue weighted by molar-refractivity contribution is 0.677. The van der Waals surface area contributed by atoms with Gasteiger partial charge in [-0.3, -0.25) is 9.36 Å². The van der Waals surface area contributed by atoms with Gasteiger partial charge in [0.1, 0.15) is 0 Å². The zero-order chi connectivity index (χ0) is 22.9. The van der Waals surface area contributed by atoms with E-state index in [9.17, 15) is 9.59 Å². The van der Waals surface area contributed by atoms with E-state index in [1.165, 1.54) is 9.13 Å². The number of imidazole rings is 1. The van der Waals surface area contributed by atoms with E-state index in [0.717, 1.165) is 16.7 Å². The fraction of sp³-hybridized carbons (Fsp3) is 0.115. The lowest BCUT2D eigenvalue weighted by atomic mass is 10.2. The molecule has 0 aliphatic carbocycles. The van der Waals surface area contributed by atoms with Crippen molar-refractivity contribution in [2.24, 2.45) is 0 Å². The molecule has 0 N–H and O–H groups in total. The molecule has 0 saturated carbocycles. The third-order valence-electron chi connectivity index (χ3n) is 5.59. The normalized spacial score (nSPS) is 11.2. The molecule has 3 aromatic carbocycles. The molecule has 164 valence electrons. The molecule has 33 heavy (non-hydrogen) atoms. The summed E-state index contributed by atoms with van der Waals surface area (Å²) in [7, 11) is 0. The molecular weight excluding hydrogens is 436 g/mol. The summed E-state index contributed by atoms with van der Waals surface area (Å²) in [5, 5.41) is 0.620. The molecule has 0 spiro atoms. The minimum Gasteiger partial charge on any atom is -0.320 e. The largest absolute Gasteiger partial charge is 0.337 e. The number of benzene rings is 3. The van der Waals surface area contributed by atoms with Crippen LogP contribution in [0.1, 0.15) is 16.7 Å². The van der Waals surface area contributed by atoms with Crippen molar-refractivity contribution >= 4 is 22.8 Å². The van der Waals surface area contributed by atoms with Crippen molar-refractivity contribution in [3.8, 4) is 5.69 Å². The first kappa shape index (κ1) is 21.0. The molecule has 0 atom stereocenters. The zero-order valence-corrected chi connectivity index (χ0v) is 18.7. The molecule has 5 aromatic rings. The first-order valence-corrected chi connectivity index (χ1v) is 10.9. The Morgan fingerprint density at radius 1 is 0.848 bits per heavy atom. The second kappa shape index (κ2) is 8.56. The van der Waals surface area contributed by atoms with Gasteiger partial charge in [-0.15, -0.1) is 0 Å². The van der Waals surface area contributed by atoms with Crippen molar-refractivity contribution in [2.75, 3.05) is 0 Å². The Labute approximate surface area is 195 Å². The first-order valence-electron chi connectivity index (χ1n) is 10.6. The average Bonchev–Trinajstić information content (AvgIpc) is 3.21. The predicted molar refractivity (Wildman–Crippen MR) is 130 cm³/mol. The Bertz CT molecular complexity index is 1580. The SMILES string of the molecule is Cc1cccc(-n2c(=O)n(Cc3ccccc3)c(=O)c3c2ncn3Cc2cccc(Cl)c2)c1. The van der Waals surface area contributed by atoms with Gasteiger partial charge in [-0.05, 0) is 47.9 Å². The first-order chi connectivity index (χ1) is 16.0. The maximum Gasteiger partial charge on any atom is 0.337 e. The van der Waals surface area contributed by atoms with E-state index in [1.54, 1.807) is 17.0 Å². The predicted octanol–water partition coefficient (Wildman–Crippen LogP) is 4.41. The van der Waals surface area contributed by atoms with Crippen LogP contribution in [0.2, 0.25) is 5.02 Å². The third kappa shape index (κ3) is 4.01. The second-order valence-electron chi connectivity index (χ2n) is 8.01. The smallest absolute Gasteiger partial charge is 0.320 e. The summed E-state index contributed by atoms with van der Waals surface area (Å²) in [5.74, 6) is 0. The Balaban J connectivity index is 1.77. The van der Waals surface area contributed by atoms with Gasteiger partial charge >= 0.3 is 5.69 Å². The lowest BCUT2D eigenvalue weighted by Gasteiger charge is -2.13. The van der Waals surface area contributed by atoms with E-state index >= 15 is 0 Å². The number of fused-ring (bicyclic) bond motifs is 1. The quantitative estimate of drug-likeness (QED) is 0.393. The highest BCUT2D eigenvalue weighted by atomic mass is 35.5. The van der Waals surface area contributed by atoms with E-state index in [2.05, 4.69) is 4.98 Å². The van der Waals surface area contributed by atoms with E-state index in [1.807, 2.05) is 79.7 Å². The summed E-state index contributed by atoms with van der Waals surface area (Å²) in [6.45, 7) is 2.54. The number of hydrogen-bond donors (Lipinski definition) is 0. The number of hydrogen-bond acceptors (Lipinski definition) is 3. The summed E-state index contributed by atoms with van der Waals surface area (Å²) < 4.78 is 4.56. The van der Waals surface area contributed by atoms with Crippen molar-refractivity contribution in [3.63, 3.8) is 0 Å². The molecule has 6 nitrogen and oxygen atoms in total. The zero-order valence-electron chi connectivity index (χ0n) is 18.0. The maximum atomic E-state index is 13.6. The van der Waals surface area contributed by atoms with Gasteiger partial charge < -0.3 is 4.57 Å². The Hall–Kier alpha value is -3.90. The van der Waals surface area contributed by atoms with Crippen LogP contribution in [-0.2, 0) is 13.1 Å². The van der Waals surface area contributed by atoms with Crippen LogP contribution in [0, 0.1) is 6.92 Å². The number of aromatic nitrogens is 4. The van der Waals surface area contributed by atoms with Crippen LogP contribution in [0.5, 0.6) is 0 Å². The van der Waals surface area contributed by atoms with Gasteiger partial charge in [0, 0.05) is 11.6 Å². The second-order valence-corrected chi connectivity index (χ2v) is 8.44. The van der Waals surface area contributed by atoms with E-state index in [0.29, 0.717) is 28.4 Å². The summed E-state index contributed by atoms with van der Waals surface area (Å²) in [4.78, 5) is 31.7. The van der Waals surface area contributed by atoms with Crippen LogP contribution in [0.4, 0.5) is 0 Å². The molecule has 0 radical (unpaired) electrons. The minimum absolute atomic E-state index is 0.169. The molecular formula is C26H21ClN4O2. The molecule has 2 aromatic heterocycles. The summed E-state index contributed by atoms with van der Waals surface area (Å²) >= 11 is 6.15. The van der Waals surface area contributed by atoms with Crippen molar-refractivity contribution in [1.29, 1.82) is 0 Å². The Morgan fingerprint density at radius 2 is 1.61 bits per heavy atom. The lowest BCUT2D eigenvalue weighted by Crippen LogP contribution is -2.40. The molecule has 2 heterocycles. The molecule has 7 heteroatoms. The van der Waals surface area contributed by atoms with Crippen molar-refractivity contribution in [1.82, 2.24) is 18.7 Å². The van der Waals surface area contributed by atoms with Crippen molar-refractivity contribution in [3.05, 3.63) is 128 Å². The molecule has 0 saturated heterocycles. The van der Waals surface area contributed by atoms with Gasteiger partial charge in [0.2, 0.25) is 0 Å². The Morgan fingerprint density at radius 3 is 2.36 bits per heavy atom. The van der Waals surface area contributed by atoms with Crippen LogP contribution in [-0.4, -0.2) is 18.7 Å². The topological polar surface area (TPSA) is 61.8 Å². The number of rotatable bonds is 5. The van der Waals surface area contributed by atoms with Gasteiger partial charge in [-0.1, -0.05) is 66.2 Å². The summed E-state index contributed by atoms with van der Waals surface area (Å²) in [6, 6.07) is 24.6. The number of aryl methyl sites for hydroxylation is 1. The van der Waals surface area contributed by atoms with E-state index < -0.39 is 5.69 Å². The summed E-state index contributed by atoms with van der Waals surface area (Å²) in [6.07, 6.45) is 1.60. The standard InChI is InChI=1S/C26H21ClN4O2/c1-18-7-5-12-22(13-18)31-24-23(29(17-28-24)15-20-10-6-11-21(27)14-20)25(32)30(26(31)33)16-19-8-3-2-4-9-19/h2-14,17H,15-16H2,1H3. The average molecular weight is 457 g/mol. The molecule has 0 fully saturated rings. The van der Waals surface area contributed by atoms with Crippen LogP contribution in [0.25, 0.3) is 16.9 Å². The van der Waals surface area contributed by atoms with E-state index in [4.69, 9.17) is 11.6 Å². The highest BCUT2D eigenvalue weighted by Gasteiger charge is 2.19. The third-order valence-corrected chi connectivity index (χ3v) is 5.82. The number of halogens is 1. The Kier molecular flexibility index (Phi) is 5.44. The van der Waals surface area contributed by atoms with E-state index in [-0.39, 0.29) is 12.1 Å². The highest BCUT2D eigenvalue weighted by molar-refractivity contribution is 6.30. The van der Waals surface area contributed by atoms with Crippen molar-refractivity contribution in [2.45, 2.75) is 20.0 Å². The van der Waals surface area contributed by atoms with Crippen LogP contribution in [0.15, 0.2) is 94.8 Å². The van der Waals surface area contributed by atoms with Crippen LogP contribution < -0.4 is 11.2 Å². The number of nitrogens with zero attached hydrogens (tertiary/aromatic N) is 4. The van der Waals surface area contributed by atoms with Crippen LogP contribution >= 0.6 is 11.6 Å². The minimum atomic E-state index is -0.421. The molecule has 5 rings (SSSR count). The fourth-order valence-corrected chi connectivity index (χ4v) is 4.25. The monoisotopic (exact) mass is 456 g/mol. The molecule has 0 aliphatic rings. The highest BCUT2D eigenvalue weighted by Crippen LogP contribution is 2.17. The van der Waals surface area contributed by atoms with Crippen LogP contribution in [0.3, 0.4) is 0 Å². The molecule has 0 amide bonds. The van der Waals surface area contributed by atoms with Gasteiger partial charge in [-0.2, -0.15) is 0 Å². The fourth-order valence-electron chi connectivity index (χ4n) is 4.04. The van der Waals surface area contributed by atoms with Gasteiger partial charge in [0.15, 0.2) is 11.2 Å². The molecule has 0 aliphatic heterocycles. The van der Waals surface area contributed by atoms with Gasteiger partial charge in [0.05, 0.1) is 18.6 Å². The van der Waals surface area contributed by atoms with Gasteiger partial charge in [0.25, 0.3) is 5.56 Å².